The Morgan fingerprint density at radius 1 is 0.935 bits per heavy atom. The van der Waals surface area contributed by atoms with Crippen molar-refractivity contribution in [2.24, 2.45) is 0 Å². The number of piperazine rings is 1. The summed E-state index contributed by atoms with van der Waals surface area (Å²) in [7, 11) is -7.17. The summed E-state index contributed by atoms with van der Waals surface area (Å²) in [5.74, 6) is -0.285. The topological polar surface area (TPSA) is 104 Å². The molecule has 1 aliphatic heterocycles. The molecule has 10 heteroatoms. The Labute approximate surface area is 184 Å². The van der Waals surface area contributed by atoms with Crippen molar-refractivity contribution in [2.45, 2.75) is 25.7 Å². The van der Waals surface area contributed by atoms with Gasteiger partial charge in [-0.2, -0.15) is 4.31 Å². The summed E-state index contributed by atoms with van der Waals surface area (Å²) >= 11 is 0. The Balaban J connectivity index is 1.81. The normalized spacial score (nSPS) is 15.6. The van der Waals surface area contributed by atoms with Crippen molar-refractivity contribution in [3.63, 3.8) is 0 Å². The Bertz CT molecular complexity index is 1190. The van der Waals surface area contributed by atoms with Crippen LogP contribution in [0.1, 0.15) is 28.4 Å². The lowest BCUT2D eigenvalue weighted by molar-refractivity contribution is 0.0697. The van der Waals surface area contributed by atoms with Gasteiger partial charge in [0.25, 0.3) is 15.9 Å². The lowest BCUT2D eigenvalue weighted by Crippen LogP contribution is -2.51. The highest BCUT2D eigenvalue weighted by Gasteiger charge is 2.29. The lowest BCUT2D eigenvalue weighted by Gasteiger charge is -2.34. The molecule has 1 amide bonds. The Kier molecular flexibility index (Phi) is 6.73. The minimum Gasteiger partial charge on any atom is -0.336 e. The standard InChI is InChI=1S/C21H27N3O5S2/c1-4-30(26,27)24-13-11-23(12-14-24)21(25)19-15-18(10-9-16(19)2)31(28,29)22-20-8-6-5-7-17(20)3/h5-10,15,22H,4,11-14H2,1-3H3. The van der Waals surface area contributed by atoms with E-state index in [1.165, 1.54) is 16.4 Å². The second kappa shape index (κ2) is 8.97. The molecule has 0 atom stereocenters. The molecule has 0 saturated carbocycles. The monoisotopic (exact) mass is 465 g/mol. The number of rotatable bonds is 6. The molecule has 0 aliphatic carbocycles. The summed E-state index contributed by atoms with van der Waals surface area (Å²) in [5, 5.41) is 0. The smallest absolute Gasteiger partial charge is 0.261 e. The van der Waals surface area contributed by atoms with Gasteiger partial charge in [0.05, 0.1) is 16.3 Å². The van der Waals surface area contributed by atoms with E-state index in [4.69, 9.17) is 0 Å². The van der Waals surface area contributed by atoms with Crippen LogP contribution >= 0.6 is 0 Å². The molecule has 1 aliphatic rings. The van der Waals surface area contributed by atoms with Crippen LogP contribution in [0.3, 0.4) is 0 Å². The summed E-state index contributed by atoms with van der Waals surface area (Å²) < 4.78 is 53.8. The number of hydrogen-bond donors (Lipinski definition) is 1. The fraction of sp³-hybridized carbons (Fsp3) is 0.381. The molecule has 3 rings (SSSR count). The van der Waals surface area contributed by atoms with Crippen LogP contribution in [0.25, 0.3) is 0 Å². The summed E-state index contributed by atoms with van der Waals surface area (Å²) in [6, 6.07) is 11.5. The van der Waals surface area contributed by atoms with Crippen LogP contribution in [-0.2, 0) is 20.0 Å². The van der Waals surface area contributed by atoms with Gasteiger partial charge in [-0.3, -0.25) is 9.52 Å². The number of amides is 1. The zero-order valence-corrected chi connectivity index (χ0v) is 19.5. The average molecular weight is 466 g/mol. The zero-order valence-electron chi connectivity index (χ0n) is 17.8. The molecule has 1 fully saturated rings. The molecular weight excluding hydrogens is 438 g/mol. The van der Waals surface area contributed by atoms with Gasteiger partial charge >= 0.3 is 0 Å². The molecule has 0 unspecified atom stereocenters. The lowest BCUT2D eigenvalue weighted by atomic mass is 10.1. The van der Waals surface area contributed by atoms with Crippen LogP contribution in [0.2, 0.25) is 0 Å². The summed E-state index contributed by atoms with van der Waals surface area (Å²) in [6.07, 6.45) is 0. The van der Waals surface area contributed by atoms with Gasteiger partial charge in [-0.1, -0.05) is 24.3 Å². The minimum atomic E-state index is -3.88. The van der Waals surface area contributed by atoms with E-state index in [0.717, 1.165) is 5.56 Å². The van der Waals surface area contributed by atoms with E-state index < -0.39 is 20.0 Å². The number of aryl methyl sites for hydroxylation is 2. The van der Waals surface area contributed by atoms with Crippen LogP contribution in [0.4, 0.5) is 5.69 Å². The fourth-order valence-corrected chi connectivity index (χ4v) is 5.65. The predicted molar refractivity (Wildman–Crippen MR) is 120 cm³/mol. The third-order valence-corrected chi connectivity index (χ3v) is 8.67. The van der Waals surface area contributed by atoms with Crippen molar-refractivity contribution in [1.82, 2.24) is 9.21 Å². The Hall–Kier alpha value is -2.43. The SMILES string of the molecule is CCS(=O)(=O)N1CCN(C(=O)c2cc(S(=O)(=O)Nc3ccccc3C)ccc2C)CC1. The number of nitrogens with one attached hydrogen (secondary N) is 1. The van der Waals surface area contributed by atoms with Crippen LogP contribution in [-0.4, -0.2) is 63.9 Å². The van der Waals surface area contributed by atoms with Crippen molar-refractivity contribution in [3.8, 4) is 0 Å². The number of carbonyl (C=O) groups is 1. The van der Waals surface area contributed by atoms with Gasteiger partial charge in [0.15, 0.2) is 0 Å². The van der Waals surface area contributed by atoms with E-state index in [2.05, 4.69) is 4.72 Å². The van der Waals surface area contributed by atoms with Crippen LogP contribution in [0, 0.1) is 13.8 Å². The van der Waals surface area contributed by atoms with Crippen molar-refractivity contribution in [1.29, 1.82) is 0 Å². The van der Waals surface area contributed by atoms with E-state index in [-0.39, 0.29) is 42.7 Å². The van der Waals surface area contributed by atoms with E-state index >= 15 is 0 Å². The maximum absolute atomic E-state index is 13.1. The minimum absolute atomic E-state index is 0.00287. The molecule has 1 N–H and O–H groups in total. The molecule has 31 heavy (non-hydrogen) atoms. The number of para-hydroxylation sites is 1. The maximum atomic E-state index is 13.1. The quantitative estimate of drug-likeness (QED) is 0.704. The number of carbonyl (C=O) groups excluding carboxylic acids is 1. The highest BCUT2D eigenvalue weighted by Crippen LogP contribution is 2.23. The summed E-state index contributed by atoms with van der Waals surface area (Å²) in [5.41, 5.74) is 2.21. The average Bonchev–Trinajstić information content (AvgIpc) is 2.75. The molecule has 8 nitrogen and oxygen atoms in total. The van der Waals surface area contributed by atoms with Crippen molar-refractivity contribution in [3.05, 3.63) is 59.2 Å². The first kappa shape index (κ1) is 23.2. The highest BCUT2D eigenvalue weighted by molar-refractivity contribution is 7.92. The molecule has 2 aromatic carbocycles. The molecule has 1 saturated heterocycles. The van der Waals surface area contributed by atoms with E-state index in [9.17, 15) is 21.6 Å². The number of hydrogen-bond acceptors (Lipinski definition) is 5. The van der Waals surface area contributed by atoms with Crippen LogP contribution in [0.15, 0.2) is 47.4 Å². The first-order valence-corrected chi connectivity index (χ1v) is 13.1. The van der Waals surface area contributed by atoms with Crippen molar-refractivity contribution < 1.29 is 21.6 Å². The van der Waals surface area contributed by atoms with Crippen LogP contribution < -0.4 is 4.72 Å². The first-order valence-electron chi connectivity index (χ1n) is 10.0. The first-order chi connectivity index (χ1) is 14.5. The van der Waals surface area contributed by atoms with Gasteiger partial charge < -0.3 is 4.90 Å². The Morgan fingerprint density at radius 3 is 2.19 bits per heavy atom. The molecule has 0 aromatic heterocycles. The zero-order chi connectivity index (χ0) is 22.8. The third kappa shape index (κ3) is 5.08. The largest absolute Gasteiger partial charge is 0.336 e. The highest BCUT2D eigenvalue weighted by atomic mass is 32.2. The number of nitrogens with zero attached hydrogens (tertiary/aromatic N) is 2. The summed E-state index contributed by atoms with van der Waals surface area (Å²) in [4.78, 5) is 14.6. The number of benzene rings is 2. The fourth-order valence-electron chi connectivity index (χ4n) is 3.41. The van der Waals surface area contributed by atoms with Gasteiger partial charge in [-0.05, 0) is 50.1 Å². The van der Waals surface area contributed by atoms with E-state index in [1.54, 1.807) is 49.9 Å². The van der Waals surface area contributed by atoms with Gasteiger partial charge in [0, 0.05) is 31.7 Å². The van der Waals surface area contributed by atoms with Gasteiger partial charge in [0.2, 0.25) is 10.0 Å². The molecule has 168 valence electrons. The molecular formula is C21H27N3O5S2. The molecule has 0 bridgehead atoms. The second-order valence-electron chi connectivity index (χ2n) is 7.49. The molecule has 1 heterocycles. The summed E-state index contributed by atoms with van der Waals surface area (Å²) in [6.45, 7) is 6.12. The van der Waals surface area contributed by atoms with Crippen molar-refractivity contribution >= 4 is 31.6 Å². The molecule has 2 aromatic rings. The second-order valence-corrected chi connectivity index (χ2v) is 11.4. The van der Waals surface area contributed by atoms with Crippen LogP contribution in [0.5, 0.6) is 0 Å². The number of anilines is 1. The van der Waals surface area contributed by atoms with Crippen molar-refractivity contribution in [2.75, 3.05) is 36.7 Å². The van der Waals surface area contributed by atoms with E-state index in [1.807, 2.05) is 6.07 Å². The molecule has 0 radical (unpaired) electrons. The van der Waals surface area contributed by atoms with Gasteiger partial charge in [-0.25, -0.2) is 16.8 Å². The Morgan fingerprint density at radius 2 is 1.58 bits per heavy atom. The van der Waals surface area contributed by atoms with E-state index in [0.29, 0.717) is 16.8 Å². The maximum Gasteiger partial charge on any atom is 0.261 e. The molecule has 0 spiro atoms. The van der Waals surface area contributed by atoms with Gasteiger partial charge in [0.1, 0.15) is 0 Å². The van der Waals surface area contributed by atoms with Gasteiger partial charge in [-0.15, -0.1) is 0 Å². The predicted octanol–water partition coefficient (Wildman–Crippen LogP) is 2.21. The number of sulfonamides is 2. The third-order valence-electron chi connectivity index (χ3n) is 5.42.